The van der Waals surface area contributed by atoms with Gasteiger partial charge in [0.15, 0.2) is 0 Å². The SMILES string of the molecule is CCCC/C=C\C/C=C/C(=O)[Si](c1ccccc1)(c1ccccc1)c1ccccc1. The average Bonchev–Trinajstić information content (AvgIpc) is 2.81. The standard InChI is InChI=1S/C28H30OSi/c1-2-3-4-5-6-7-17-24-28(29)30(25-18-11-8-12-19-25,26-20-13-9-14-21-26)27-22-15-10-16-23-27/h5-6,8-24H,2-4,7H2,1H3/b6-5-,24-17+. The third kappa shape index (κ3) is 4.95. The third-order valence-electron chi connectivity index (χ3n) is 5.42. The molecule has 3 aromatic carbocycles. The molecule has 3 aromatic rings. The summed E-state index contributed by atoms with van der Waals surface area (Å²) < 4.78 is 0. The number of carbonyl (C=O) groups excluding carboxylic acids is 1. The molecule has 0 atom stereocenters. The summed E-state index contributed by atoms with van der Waals surface area (Å²) in [5, 5.41) is 3.58. The maximum atomic E-state index is 14.0. The first-order valence-corrected chi connectivity index (χ1v) is 12.8. The molecule has 2 heteroatoms. The van der Waals surface area contributed by atoms with Gasteiger partial charge in [0.1, 0.15) is 5.41 Å². The van der Waals surface area contributed by atoms with Crippen molar-refractivity contribution in [2.75, 3.05) is 0 Å². The van der Waals surface area contributed by atoms with Crippen molar-refractivity contribution >= 4 is 29.0 Å². The fourth-order valence-electron chi connectivity index (χ4n) is 3.91. The van der Waals surface area contributed by atoms with Crippen LogP contribution in [0.4, 0.5) is 0 Å². The quantitative estimate of drug-likeness (QED) is 0.152. The topological polar surface area (TPSA) is 17.1 Å². The van der Waals surface area contributed by atoms with Gasteiger partial charge in [-0.15, -0.1) is 0 Å². The van der Waals surface area contributed by atoms with Crippen LogP contribution in [-0.2, 0) is 4.79 Å². The first-order valence-electron chi connectivity index (χ1n) is 10.8. The molecule has 0 saturated heterocycles. The van der Waals surface area contributed by atoms with E-state index < -0.39 is 8.07 Å². The van der Waals surface area contributed by atoms with E-state index in [0.29, 0.717) is 0 Å². The number of allylic oxidation sites excluding steroid dienone is 4. The predicted octanol–water partition coefficient (Wildman–Crippen LogP) is 4.96. The van der Waals surface area contributed by atoms with Crippen LogP contribution in [0.2, 0.25) is 0 Å². The highest BCUT2D eigenvalue weighted by Crippen LogP contribution is 2.11. The van der Waals surface area contributed by atoms with E-state index in [1.165, 1.54) is 12.8 Å². The van der Waals surface area contributed by atoms with Crippen molar-refractivity contribution < 1.29 is 4.79 Å². The highest BCUT2D eigenvalue weighted by atomic mass is 28.3. The van der Waals surface area contributed by atoms with Crippen LogP contribution in [0.25, 0.3) is 0 Å². The Kier molecular flexibility index (Phi) is 8.17. The van der Waals surface area contributed by atoms with E-state index in [1.807, 2.05) is 66.7 Å². The van der Waals surface area contributed by atoms with E-state index in [0.717, 1.165) is 28.4 Å². The van der Waals surface area contributed by atoms with Gasteiger partial charge in [-0.25, -0.2) is 0 Å². The summed E-state index contributed by atoms with van der Waals surface area (Å²) in [6.45, 7) is 2.20. The van der Waals surface area contributed by atoms with Crippen LogP contribution in [0.3, 0.4) is 0 Å². The summed E-state index contributed by atoms with van der Waals surface area (Å²) in [6, 6.07) is 31.0. The van der Waals surface area contributed by atoms with Gasteiger partial charge in [-0.1, -0.05) is 129 Å². The molecule has 0 aliphatic rings. The molecule has 3 rings (SSSR count). The smallest absolute Gasteiger partial charge is 0.229 e. The van der Waals surface area contributed by atoms with E-state index in [-0.39, 0.29) is 5.41 Å². The van der Waals surface area contributed by atoms with E-state index in [1.54, 1.807) is 0 Å². The number of unbranched alkanes of at least 4 members (excludes halogenated alkanes) is 2. The van der Waals surface area contributed by atoms with E-state index >= 15 is 0 Å². The van der Waals surface area contributed by atoms with Crippen LogP contribution in [0.5, 0.6) is 0 Å². The summed E-state index contributed by atoms with van der Waals surface area (Å²) in [6.07, 6.45) is 12.5. The van der Waals surface area contributed by atoms with Crippen molar-refractivity contribution in [1.82, 2.24) is 0 Å². The number of hydrogen-bond acceptors (Lipinski definition) is 1. The molecule has 0 heterocycles. The minimum atomic E-state index is -2.86. The molecule has 0 fully saturated rings. The lowest BCUT2D eigenvalue weighted by molar-refractivity contribution is -0.108. The van der Waals surface area contributed by atoms with Crippen LogP contribution >= 0.6 is 0 Å². The summed E-state index contributed by atoms with van der Waals surface area (Å²) in [4.78, 5) is 14.0. The molecule has 30 heavy (non-hydrogen) atoms. The number of carbonyl (C=O) groups is 1. The van der Waals surface area contributed by atoms with Gasteiger partial charge in [0.25, 0.3) is 0 Å². The second-order valence-corrected chi connectivity index (χ2v) is 11.2. The van der Waals surface area contributed by atoms with Crippen molar-refractivity contribution in [2.24, 2.45) is 0 Å². The van der Waals surface area contributed by atoms with Gasteiger partial charge in [0, 0.05) is 0 Å². The van der Waals surface area contributed by atoms with Crippen LogP contribution in [0.1, 0.15) is 32.6 Å². The summed E-state index contributed by atoms with van der Waals surface area (Å²) in [7, 11) is -2.86. The second kappa shape index (κ2) is 11.3. The Hall–Kier alpha value is -2.97. The Balaban J connectivity index is 2.05. The predicted molar refractivity (Wildman–Crippen MR) is 131 cm³/mol. The Morgan fingerprint density at radius 3 is 1.60 bits per heavy atom. The fraction of sp³-hybridized carbons (Fsp3) is 0.179. The van der Waals surface area contributed by atoms with Gasteiger partial charge in [0.05, 0.1) is 0 Å². The Morgan fingerprint density at radius 1 is 0.700 bits per heavy atom. The van der Waals surface area contributed by atoms with Crippen LogP contribution in [-0.4, -0.2) is 13.5 Å². The number of rotatable bonds is 10. The molecule has 0 N–H and O–H groups in total. The second-order valence-electron chi connectivity index (χ2n) is 7.46. The van der Waals surface area contributed by atoms with Gasteiger partial charge in [-0.05, 0) is 34.5 Å². The van der Waals surface area contributed by atoms with Crippen molar-refractivity contribution in [2.45, 2.75) is 32.6 Å². The molecule has 152 valence electrons. The maximum absolute atomic E-state index is 14.0. The molecule has 0 unspecified atom stereocenters. The van der Waals surface area contributed by atoms with Gasteiger partial charge in [-0.2, -0.15) is 0 Å². The van der Waals surface area contributed by atoms with Crippen molar-refractivity contribution in [3.05, 3.63) is 115 Å². The molecular formula is C28H30OSi. The summed E-state index contributed by atoms with van der Waals surface area (Å²) in [5.74, 6) is 0. The first-order chi connectivity index (χ1) is 14.8. The van der Waals surface area contributed by atoms with Crippen LogP contribution in [0, 0.1) is 0 Å². The molecule has 0 amide bonds. The van der Waals surface area contributed by atoms with Crippen molar-refractivity contribution in [3.8, 4) is 0 Å². The van der Waals surface area contributed by atoms with Gasteiger partial charge in [-0.3, -0.25) is 4.79 Å². The minimum Gasteiger partial charge on any atom is -0.299 e. The molecular weight excluding hydrogens is 380 g/mol. The summed E-state index contributed by atoms with van der Waals surface area (Å²) >= 11 is 0. The van der Waals surface area contributed by atoms with Gasteiger partial charge < -0.3 is 0 Å². The maximum Gasteiger partial charge on any atom is 0.229 e. The lowest BCUT2D eigenvalue weighted by atomic mass is 10.2. The number of hydrogen-bond donors (Lipinski definition) is 0. The zero-order chi connectivity index (χ0) is 21.1. The Morgan fingerprint density at radius 2 is 1.17 bits per heavy atom. The zero-order valence-corrected chi connectivity index (χ0v) is 18.7. The monoisotopic (exact) mass is 410 g/mol. The van der Waals surface area contributed by atoms with E-state index in [4.69, 9.17) is 0 Å². The van der Waals surface area contributed by atoms with E-state index in [2.05, 4.69) is 55.5 Å². The Labute approximate surface area is 181 Å². The molecule has 0 aliphatic heterocycles. The van der Waals surface area contributed by atoms with Crippen molar-refractivity contribution in [1.29, 1.82) is 0 Å². The van der Waals surface area contributed by atoms with Gasteiger partial charge in [0.2, 0.25) is 8.07 Å². The largest absolute Gasteiger partial charge is 0.299 e. The molecule has 1 nitrogen and oxygen atoms in total. The van der Waals surface area contributed by atoms with Crippen LogP contribution in [0.15, 0.2) is 115 Å². The molecule has 0 saturated carbocycles. The van der Waals surface area contributed by atoms with Crippen molar-refractivity contribution in [3.63, 3.8) is 0 Å². The molecule has 0 spiro atoms. The van der Waals surface area contributed by atoms with E-state index in [9.17, 15) is 4.79 Å². The molecule has 0 aromatic heterocycles. The lowest BCUT2D eigenvalue weighted by Gasteiger charge is -2.31. The average molecular weight is 411 g/mol. The fourth-order valence-corrected chi connectivity index (χ4v) is 8.20. The number of benzene rings is 3. The summed E-state index contributed by atoms with van der Waals surface area (Å²) in [5.41, 5.74) is 0. The highest BCUT2D eigenvalue weighted by molar-refractivity contribution is 7.30. The highest BCUT2D eigenvalue weighted by Gasteiger charge is 2.45. The van der Waals surface area contributed by atoms with Crippen LogP contribution < -0.4 is 15.6 Å². The van der Waals surface area contributed by atoms with Gasteiger partial charge >= 0.3 is 0 Å². The molecule has 0 radical (unpaired) electrons. The lowest BCUT2D eigenvalue weighted by Crippen LogP contribution is -2.72. The molecule has 0 bridgehead atoms. The zero-order valence-electron chi connectivity index (χ0n) is 17.7. The normalized spacial score (nSPS) is 11.9. The Bertz CT molecular complexity index is 863. The molecule has 0 aliphatic carbocycles. The first kappa shape index (κ1) is 21.7. The minimum absolute atomic E-state index is 0.216. The third-order valence-corrected chi connectivity index (χ3v) is 9.93.